The Hall–Kier alpha value is -0.440. The van der Waals surface area contributed by atoms with Gasteiger partial charge >= 0.3 is 0 Å². The Kier molecular flexibility index (Phi) is 4.90. The maximum absolute atomic E-state index is 6.00. The molecule has 0 saturated carbocycles. The van der Waals surface area contributed by atoms with E-state index in [4.69, 9.17) is 33.7 Å². The van der Waals surface area contributed by atoms with Crippen LogP contribution in [0, 0.1) is 5.41 Å². The number of halogens is 2. The van der Waals surface area contributed by atoms with Crippen LogP contribution in [0.25, 0.3) is 0 Å². The molecule has 0 aliphatic heterocycles. The van der Waals surface area contributed by atoms with Crippen molar-refractivity contribution in [2.24, 2.45) is 11.1 Å². The lowest BCUT2D eigenvalue weighted by Crippen LogP contribution is -2.25. The van der Waals surface area contributed by atoms with Crippen molar-refractivity contribution >= 4 is 23.2 Å². The summed E-state index contributed by atoms with van der Waals surface area (Å²) in [5, 5.41) is 0.979. The molecule has 0 aliphatic carbocycles. The number of rotatable bonds is 5. The third kappa shape index (κ3) is 3.85. The molecule has 2 N–H and O–H groups in total. The molecule has 4 heteroatoms. The second-order valence-corrected chi connectivity index (χ2v) is 5.30. The molecule has 0 radical (unpaired) electrons. The Bertz CT molecular complexity index is 353. The molecule has 0 aromatic heterocycles. The summed E-state index contributed by atoms with van der Waals surface area (Å²) in [5.41, 5.74) is 5.73. The van der Waals surface area contributed by atoms with Gasteiger partial charge in [-0.25, -0.2) is 0 Å². The van der Waals surface area contributed by atoms with Crippen LogP contribution in [0.3, 0.4) is 0 Å². The fourth-order valence-electron chi connectivity index (χ4n) is 1.13. The Morgan fingerprint density at radius 2 is 2.00 bits per heavy atom. The minimum Gasteiger partial charge on any atom is -0.492 e. The van der Waals surface area contributed by atoms with Gasteiger partial charge in [-0.05, 0) is 30.5 Å². The van der Waals surface area contributed by atoms with Crippen molar-refractivity contribution in [2.75, 3.05) is 13.2 Å². The van der Waals surface area contributed by atoms with Crippen molar-refractivity contribution in [1.82, 2.24) is 0 Å². The molecule has 0 fully saturated rings. The fourth-order valence-corrected chi connectivity index (χ4v) is 1.48. The first-order valence-corrected chi connectivity index (χ1v) is 5.99. The van der Waals surface area contributed by atoms with E-state index in [-0.39, 0.29) is 5.41 Å². The van der Waals surface area contributed by atoms with Crippen LogP contribution >= 0.6 is 23.2 Å². The van der Waals surface area contributed by atoms with Crippen LogP contribution < -0.4 is 10.5 Å². The van der Waals surface area contributed by atoms with Crippen LogP contribution in [0.5, 0.6) is 5.75 Å². The van der Waals surface area contributed by atoms with E-state index in [1.807, 2.05) is 12.1 Å². The largest absolute Gasteiger partial charge is 0.492 e. The summed E-state index contributed by atoms with van der Waals surface area (Å²) in [6.07, 6.45) is 0.881. The smallest absolute Gasteiger partial charge is 0.139 e. The normalized spacial score (nSPS) is 11.6. The second kappa shape index (κ2) is 5.76. The van der Waals surface area contributed by atoms with E-state index >= 15 is 0 Å². The minimum atomic E-state index is 0.0883. The first-order valence-electron chi connectivity index (χ1n) is 5.23. The number of hydrogen-bond acceptors (Lipinski definition) is 2. The van der Waals surface area contributed by atoms with Gasteiger partial charge in [0.1, 0.15) is 10.8 Å². The van der Waals surface area contributed by atoms with Gasteiger partial charge in [0.25, 0.3) is 0 Å². The lowest BCUT2D eigenvalue weighted by Gasteiger charge is -2.22. The van der Waals surface area contributed by atoms with E-state index in [1.54, 1.807) is 6.07 Å². The highest BCUT2D eigenvalue weighted by atomic mass is 35.5. The monoisotopic (exact) mass is 261 g/mol. The number of ether oxygens (including phenoxy) is 1. The summed E-state index contributed by atoms with van der Waals surface area (Å²) < 4.78 is 5.58. The van der Waals surface area contributed by atoms with E-state index in [0.717, 1.165) is 6.42 Å². The van der Waals surface area contributed by atoms with Crippen LogP contribution in [0.15, 0.2) is 18.2 Å². The van der Waals surface area contributed by atoms with Crippen molar-refractivity contribution < 1.29 is 4.74 Å². The van der Waals surface area contributed by atoms with E-state index in [1.165, 1.54) is 0 Å². The van der Waals surface area contributed by atoms with E-state index in [0.29, 0.717) is 28.9 Å². The van der Waals surface area contributed by atoms with Crippen LogP contribution in [0.1, 0.15) is 20.3 Å². The van der Waals surface area contributed by atoms with Gasteiger partial charge in [-0.1, -0.05) is 43.1 Å². The van der Waals surface area contributed by atoms with E-state index in [2.05, 4.69) is 13.8 Å². The predicted molar refractivity (Wildman–Crippen MR) is 69.4 cm³/mol. The topological polar surface area (TPSA) is 35.2 Å². The molecule has 0 atom stereocenters. The zero-order chi connectivity index (χ0) is 12.2. The summed E-state index contributed by atoms with van der Waals surface area (Å²) in [6.45, 7) is 5.44. The average molecular weight is 262 g/mol. The number of benzene rings is 1. The quantitative estimate of drug-likeness (QED) is 0.877. The molecule has 0 aliphatic rings. The highest BCUT2D eigenvalue weighted by Gasteiger charge is 2.15. The molecular weight excluding hydrogens is 245 g/mol. The first-order chi connectivity index (χ1) is 7.46. The van der Waals surface area contributed by atoms with Gasteiger partial charge in [0.05, 0.1) is 11.6 Å². The Labute approximate surface area is 107 Å². The third-order valence-electron chi connectivity index (χ3n) is 2.51. The van der Waals surface area contributed by atoms with Gasteiger partial charge < -0.3 is 10.5 Å². The molecule has 0 heterocycles. The third-order valence-corrected chi connectivity index (χ3v) is 3.31. The summed E-state index contributed by atoms with van der Waals surface area (Å²) in [5.74, 6) is 0.627. The van der Waals surface area contributed by atoms with E-state index in [9.17, 15) is 0 Å². The SMILES string of the molecule is CC(C)(CN)CCOc1cccc(Cl)c1Cl. The molecule has 0 amide bonds. The van der Waals surface area contributed by atoms with Gasteiger partial charge in [0, 0.05) is 0 Å². The second-order valence-electron chi connectivity index (χ2n) is 4.52. The molecule has 2 nitrogen and oxygen atoms in total. The molecule has 0 spiro atoms. The van der Waals surface area contributed by atoms with Gasteiger partial charge in [-0.3, -0.25) is 0 Å². The zero-order valence-electron chi connectivity index (χ0n) is 9.59. The van der Waals surface area contributed by atoms with Crippen molar-refractivity contribution in [2.45, 2.75) is 20.3 Å². The molecule has 16 heavy (non-hydrogen) atoms. The average Bonchev–Trinajstić information content (AvgIpc) is 2.24. The highest BCUT2D eigenvalue weighted by molar-refractivity contribution is 6.42. The molecule has 1 aromatic rings. The van der Waals surface area contributed by atoms with E-state index < -0.39 is 0 Å². The van der Waals surface area contributed by atoms with Gasteiger partial charge in [0.2, 0.25) is 0 Å². The zero-order valence-corrected chi connectivity index (χ0v) is 11.1. The summed E-state index contributed by atoms with van der Waals surface area (Å²) in [7, 11) is 0. The van der Waals surface area contributed by atoms with Crippen molar-refractivity contribution in [3.8, 4) is 5.75 Å². The van der Waals surface area contributed by atoms with Gasteiger partial charge in [0.15, 0.2) is 0 Å². The molecular formula is C12H17Cl2NO. The molecule has 1 aromatic carbocycles. The lowest BCUT2D eigenvalue weighted by molar-refractivity contribution is 0.233. The predicted octanol–water partition coefficient (Wildman–Crippen LogP) is 3.75. The Morgan fingerprint density at radius 1 is 1.31 bits per heavy atom. The maximum atomic E-state index is 6.00. The summed E-state index contributed by atoms with van der Waals surface area (Å²) in [4.78, 5) is 0. The van der Waals surface area contributed by atoms with Gasteiger partial charge in [-0.2, -0.15) is 0 Å². The molecule has 1 rings (SSSR count). The molecule has 0 unspecified atom stereocenters. The van der Waals surface area contributed by atoms with Crippen molar-refractivity contribution in [3.05, 3.63) is 28.2 Å². The van der Waals surface area contributed by atoms with Crippen molar-refractivity contribution in [1.29, 1.82) is 0 Å². The fraction of sp³-hybridized carbons (Fsp3) is 0.500. The number of hydrogen-bond donors (Lipinski definition) is 1. The van der Waals surface area contributed by atoms with Crippen molar-refractivity contribution in [3.63, 3.8) is 0 Å². The summed E-state index contributed by atoms with van der Waals surface area (Å²) in [6, 6.07) is 5.36. The van der Waals surface area contributed by atoms with Crippen LogP contribution in [0.4, 0.5) is 0 Å². The Balaban J connectivity index is 2.53. The van der Waals surface area contributed by atoms with Crippen LogP contribution in [-0.2, 0) is 0 Å². The van der Waals surface area contributed by atoms with Gasteiger partial charge in [-0.15, -0.1) is 0 Å². The maximum Gasteiger partial charge on any atom is 0.139 e. The molecule has 0 saturated heterocycles. The Morgan fingerprint density at radius 3 is 2.62 bits per heavy atom. The lowest BCUT2D eigenvalue weighted by atomic mass is 9.90. The minimum absolute atomic E-state index is 0.0883. The van der Waals surface area contributed by atoms with Crippen LogP contribution in [0.2, 0.25) is 10.0 Å². The highest BCUT2D eigenvalue weighted by Crippen LogP contribution is 2.32. The van der Waals surface area contributed by atoms with Crippen LogP contribution in [-0.4, -0.2) is 13.2 Å². The molecule has 0 bridgehead atoms. The summed E-state index contributed by atoms with van der Waals surface area (Å²) >= 11 is 11.9. The first kappa shape index (κ1) is 13.6. The molecule has 90 valence electrons. The standard InChI is InChI=1S/C12H17Cl2NO/c1-12(2,8-15)6-7-16-10-5-3-4-9(13)11(10)14/h3-5H,6-8,15H2,1-2H3. The number of nitrogens with two attached hydrogens (primary N) is 1.